The van der Waals surface area contributed by atoms with Gasteiger partial charge in [0.15, 0.2) is 9.84 Å². The summed E-state index contributed by atoms with van der Waals surface area (Å²) < 4.78 is 50.0. The summed E-state index contributed by atoms with van der Waals surface area (Å²) in [7, 11) is -3.42. The van der Waals surface area contributed by atoms with Crippen molar-refractivity contribution in [1.29, 1.82) is 0 Å². The third kappa shape index (κ3) is 7.71. The van der Waals surface area contributed by atoms with Gasteiger partial charge in [0.1, 0.15) is 0 Å². The highest BCUT2D eigenvalue weighted by atomic mass is 32.2. The average molecular weight is 436 g/mol. The molecule has 0 aliphatic heterocycles. The molecule has 0 bridgehead atoms. The fourth-order valence-corrected chi connectivity index (χ4v) is 4.41. The lowest BCUT2D eigenvalue weighted by molar-refractivity contribution is -0.116. The van der Waals surface area contributed by atoms with Gasteiger partial charge in [-0.1, -0.05) is 43.7 Å². The zero-order valence-electron chi connectivity index (χ0n) is 17.0. The van der Waals surface area contributed by atoms with Crippen LogP contribution in [0.3, 0.4) is 0 Å². The summed E-state index contributed by atoms with van der Waals surface area (Å²) in [6, 6.07) is 15.0. The first-order valence-electron chi connectivity index (χ1n) is 10.0. The van der Waals surface area contributed by atoms with E-state index in [-0.39, 0.29) is 22.1 Å². The topological polar surface area (TPSA) is 63.2 Å². The molecule has 0 spiro atoms. The molecule has 0 atom stereocenters. The second-order valence-corrected chi connectivity index (χ2v) is 9.08. The fraction of sp³-hybridized carbons (Fsp3) is 0.348. The van der Waals surface area contributed by atoms with Gasteiger partial charge in [0.2, 0.25) is 5.91 Å². The molecule has 4 nitrogen and oxygen atoms in total. The molecule has 0 aromatic heterocycles. The van der Waals surface area contributed by atoms with Crippen LogP contribution in [0.1, 0.15) is 51.0 Å². The molecule has 2 rings (SSSR count). The Hall–Kier alpha value is -2.54. The van der Waals surface area contributed by atoms with E-state index < -0.39 is 15.9 Å². The van der Waals surface area contributed by atoms with Crippen LogP contribution in [0.2, 0.25) is 0 Å². The van der Waals surface area contributed by atoms with Gasteiger partial charge < -0.3 is 5.32 Å². The number of amides is 1. The maximum atomic E-state index is 12.6. The minimum absolute atomic E-state index is 0.112. The summed E-state index contributed by atoms with van der Waals surface area (Å²) >= 11 is 0. The fourth-order valence-electron chi connectivity index (χ4n) is 3.04. The number of halogens is 2. The Morgan fingerprint density at radius 1 is 0.900 bits per heavy atom. The smallest absolute Gasteiger partial charge is 0.269 e. The van der Waals surface area contributed by atoms with E-state index in [1.54, 1.807) is 61.5 Å². The third-order valence-electron chi connectivity index (χ3n) is 4.77. The summed E-state index contributed by atoms with van der Waals surface area (Å²) in [6.45, 7) is 1.71. The van der Waals surface area contributed by atoms with Crippen molar-refractivity contribution in [3.05, 3.63) is 71.8 Å². The molecule has 2 aromatic rings. The molecule has 0 fully saturated rings. The molecule has 0 heterocycles. The van der Waals surface area contributed by atoms with E-state index in [4.69, 9.17) is 0 Å². The van der Waals surface area contributed by atoms with Crippen molar-refractivity contribution in [1.82, 2.24) is 0 Å². The summed E-state index contributed by atoms with van der Waals surface area (Å²) in [5.41, 5.74) is 1.42. The molecule has 30 heavy (non-hydrogen) atoms. The van der Waals surface area contributed by atoms with Crippen LogP contribution in [-0.2, 0) is 20.4 Å². The van der Waals surface area contributed by atoms with Gasteiger partial charge in [0.25, 0.3) is 6.08 Å². The van der Waals surface area contributed by atoms with E-state index in [2.05, 4.69) is 5.32 Å². The lowest BCUT2D eigenvalue weighted by Gasteiger charge is -2.08. The van der Waals surface area contributed by atoms with Crippen LogP contribution < -0.4 is 5.32 Å². The second-order valence-electron chi connectivity index (χ2n) is 7.10. The first-order chi connectivity index (χ1) is 14.3. The minimum atomic E-state index is -3.42. The Morgan fingerprint density at radius 2 is 1.53 bits per heavy atom. The van der Waals surface area contributed by atoms with Gasteiger partial charge >= 0.3 is 0 Å². The zero-order valence-corrected chi connectivity index (χ0v) is 17.9. The molecule has 7 heteroatoms. The van der Waals surface area contributed by atoms with Gasteiger partial charge in [0.05, 0.1) is 10.6 Å². The number of anilines is 1. The van der Waals surface area contributed by atoms with Crippen LogP contribution in [0.15, 0.2) is 71.1 Å². The highest BCUT2D eigenvalue weighted by Crippen LogP contribution is 2.20. The Morgan fingerprint density at radius 3 is 2.13 bits per heavy atom. The Kier molecular flexibility index (Phi) is 9.17. The molecule has 0 aliphatic carbocycles. The number of sulfone groups is 1. The van der Waals surface area contributed by atoms with Crippen molar-refractivity contribution < 1.29 is 22.0 Å². The number of allylic oxidation sites excluding steroid dienone is 1. The van der Waals surface area contributed by atoms with Crippen LogP contribution in [0.25, 0.3) is 0 Å². The maximum absolute atomic E-state index is 12.6. The van der Waals surface area contributed by atoms with E-state index in [1.165, 1.54) is 0 Å². The summed E-state index contributed by atoms with van der Waals surface area (Å²) in [5.74, 6) is -0.263. The molecular formula is C23H27F2NO3S. The summed E-state index contributed by atoms with van der Waals surface area (Å²) in [4.78, 5) is 12.3. The van der Waals surface area contributed by atoms with E-state index in [1.807, 2.05) is 0 Å². The molecule has 1 N–H and O–H groups in total. The number of nitrogens with one attached hydrogen (secondary N) is 1. The molecular weight excluding hydrogens is 408 g/mol. The minimum Gasteiger partial charge on any atom is -0.326 e. The zero-order chi connectivity index (χ0) is 22.0. The van der Waals surface area contributed by atoms with Crippen molar-refractivity contribution in [2.24, 2.45) is 0 Å². The standard InChI is InChI=1S/C23H27F2NO3S/c1-2-19(23(24)25)9-5-3-8-12-22(27)26-20-15-13-18(14-16-20)17-30(28,29)21-10-6-4-7-11-21/h4,6-7,10-11,13-16H,2-3,5,8-9,12,17H2,1H3,(H,26,27). The number of carbonyl (C=O) groups is 1. The van der Waals surface area contributed by atoms with E-state index in [0.717, 1.165) is 0 Å². The molecule has 0 radical (unpaired) electrons. The lowest BCUT2D eigenvalue weighted by atomic mass is 10.1. The number of carbonyl (C=O) groups excluding carboxylic acids is 1. The molecule has 0 saturated heterocycles. The first-order valence-corrected chi connectivity index (χ1v) is 11.7. The molecule has 1 amide bonds. The molecule has 0 unspecified atom stereocenters. The van der Waals surface area contributed by atoms with Crippen LogP contribution in [0, 0.1) is 0 Å². The van der Waals surface area contributed by atoms with Gasteiger partial charge in [-0.25, -0.2) is 8.42 Å². The molecule has 0 aliphatic rings. The Balaban J connectivity index is 1.77. The van der Waals surface area contributed by atoms with E-state index >= 15 is 0 Å². The SMILES string of the molecule is CCC(CCCCCC(=O)Nc1ccc(CS(=O)(=O)c2ccccc2)cc1)=C(F)F. The monoisotopic (exact) mass is 435 g/mol. The van der Waals surface area contributed by atoms with Crippen molar-refractivity contribution in [3.8, 4) is 0 Å². The van der Waals surface area contributed by atoms with Gasteiger partial charge in [-0.05, 0) is 61.1 Å². The summed E-state index contributed by atoms with van der Waals surface area (Å²) in [5, 5.41) is 2.78. The highest BCUT2D eigenvalue weighted by Gasteiger charge is 2.14. The van der Waals surface area contributed by atoms with Crippen LogP contribution in [-0.4, -0.2) is 14.3 Å². The van der Waals surface area contributed by atoms with Gasteiger partial charge in [-0.2, -0.15) is 8.78 Å². The molecule has 0 saturated carbocycles. The normalized spacial score (nSPS) is 11.2. The van der Waals surface area contributed by atoms with Crippen molar-refractivity contribution in [3.63, 3.8) is 0 Å². The van der Waals surface area contributed by atoms with Gasteiger partial charge in [-0.3, -0.25) is 4.79 Å². The van der Waals surface area contributed by atoms with E-state index in [9.17, 15) is 22.0 Å². The Labute approximate surface area is 176 Å². The van der Waals surface area contributed by atoms with Crippen molar-refractivity contribution >= 4 is 21.4 Å². The Bertz CT molecular complexity index is 952. The van der Waals surface area contributed by atoms with Gasteiger partial charge in [0, 0.05) is 12.1 Å². The highest BCUT2D eigenvalue weighted by molar-refractivity contribution is 7.90. The quantitative estimate of drug-likeness (QED) is 0.433. The molecule has 162 valence electrons. The number of rotatable bonds is 11. The van der Waals surface area contributed by atoms with Crippen LogP contribution >= 0.6 is 0 Å². The van der Waals surface area contributed by atoms with Crippen LogP contribution in [0.5, 0.6) is 0 Å². The summed E-state index contributed by atoms with van der Waals surface area (Å²) in [6.07, 6.45) is 1.42. The molecule has 2 aromatic carbocycles. The largest absolute Gasteiger partial charge is 0.326 e. The van der Waals surface area contributed by atoms with Crippen LogP contribution in [0.4, 0.5) is 14.5 Å². The van der Waals surface area contributed by atoms with Gasteiger partial charge in [-0.15, -0.1) is 0 Å². The predicted molar refractivity (Wildman–Crippen MR) is 115 cm³/mol. The number of hydrogen-bond donors (Lipinski definition) is 1. The number of benzene rings is 2. The van der Waals surface area contributed by atoms with Crippen molar-refractivity contribution in [2.45, 2.75) is 56.1 Å². The first kappa shape index (κ1) is 23.7. The second kappa shape index (κ2) is 11.6. The number of unbranched alkanes of at least 4 members (excludes halogenated alkanes) is 2. The third-order valence-corrected chi connectivity index (χ3v) is 6.48. The van der Waals surface area contributed by atoms with E-state index in [0.29, 0.717) is 49.8 Å². The number of hydrogen-bond acceptors (Lipinski definition) is 3. The maximum Gasteiger partial charge on any atom is 0.269 e. The van der Waals surface area contributed by atoms with Crippen molar-refractivity contribution in [2.75, 3.05) is 5.32 Å². The predicted octanol–water partition coefficient (Wildman–Crippen LogP) is 6.11. The average Bonchev–Trinajstić information content (AvgIpc) is 2.72. The lowest BCUT2D eigenvalue weighted by Crippen LogP contribution is -2.11.